The minimum Gasteiger partial charge on any atom is -0.480 e. The highest BCUT2D eigenvalue weighted by Gasteiger charge is 2.18. The van der Waals surface area contributed by atoms with E-state index in [4.69, 9.17) is 5.11 Å². The van der Waals surface area contributed by atoms with Crippen LogP contribution in [0.25, 0.3) is 11.0 Å². The first-order chi connectivity index (χ1) is 8.63. The molecule has 0 saturated carbocycles. The fraction of sp³-hybridized carbons (Fsp3) is 0.417. The summed E-state index contributed by atoms with van der Waals surface area (Å²) in [5, 5.41) is 12.1. The largest absolute Gasteiger partial charge is 0.480 e. The van der Waals surface area contributed by atoms with Gasteiger partial charge >= 0.3 is 5.97 Å². The molecule has 0 aromatic carbocycles. The van der Waals surface area contributed by atoms with E-state index in [1.54, 1.807) is 12.5 Å². The molecule has 1 unspecified atom stereocenters. The second-order valence-electron chi connectivity index (χ2n) is 4.21. The van der Waals surface area contributed by atoms with Gasteiger partial charge in [0.05, 0.1) is 11.8 Å². The Hall–Kier alpha value is -2.11. The van der Waals surface area contributed by atoms with Crippen LogP contribution in [0, 0.1) is 0 Å². The van der Waals surface area contributed by atoms with Gasteiger partial charge in [0.15, 0.2) is 5.82 Å². The van der Waals surface area contributed by atoms with Crippen LogP contribution in [0.15, 0.2) is 18.6 Å². The molecule has 0 fully saturated rings. The lowest BCUT2D eigenvalue weighted by Crippen LogP contribution is -2.29. The van der Waals surface area contributed by atoms with Gasteiger partial charge in [0.1, 0.15) is 11.6 Å². The number of carboxylic acids is 1. The third-order valence-corrected chi connectivity index (χ3v) is 2.83. The number of imidazole rings is 1. The third kappa shape index (κ3) is 2.27. The summed E-state index contributed by atoms with van der Waals surface area (Å²) in [6.07, 6.45) is 4.69. The molecule has 2 aromatic heterocycles. The summed E-state index contributed by atoms with van der Waals surface area (Å²) in [7, 11) is 1.89. The Bertz CT molecular complexity index is 564. The Morgan fingerprint density at radius 3 is 3.00 bits per heavy atom. The molecule has 1 atom stereocenters. The third-order valence-electron chi connectivity index (χ3n) is 2.83. The van der Waals surface area contributed by atoms with Gasteiger partial charge in [-0.3, -0.25) is 0 Å². The second kappa shape index (κ2) is 5.03. The number of aliphatic carboxylic acids is 1. The molecule has 0 amide bonds. The quantitative estimate of drug-likeness (QED) is 0.840. The van der Waals surface area contributed by atoms with E-state index in [1.807, 2.05) is 24.6 Å². The zero-order chi connectivity index (χ0) is 13.1. The summed E-state index contributed by atoms with van der Waals surface area (Å²) < 4.78 is 1.87. The Morgan fingerprint density at radius 1 is 1.56 bits per heavy atom. The summed E-state index contributed by atoms with van der Waals surface area (Å²) in [6.45, 7) is 1.95. The van der Waals surface area contributed by atoms with Gasteiger partial charge in [-0.1, -0.05) is 13.3 Å². The smallest absolute Gasteiger partial charge is 0.326 e. The van der Waals surface area contributed by atoms with Crippen molar-refractivity contribution in [1.82, 2.24) is 14.5 Å². The van der Waals surface area contributed by atoms with Gasteiger partial charge < -0.3 is 15.0 Å². The zero-order valence-corrected chi connectivity index (χ0v) is 10.4. The Kier molecular flexibility index (Phi) is 3.45. The summed E-state index contributed by atoms with van der Waals surface area (Å²) in [6, 6.07) is 1.22. The van der Waals surface area contributed by atoms with Crippen molar-refractivity contribution in [3.05, 3.63) is 18.6 Å². The van der Waals surface area contributed by atoms with Crippen LogP contribution in [0.4, 0.5) is 5.82 Å². The molecule has 2 rings (SSSR count). The highest BCUT2D eigenvalue weighted by atomic mass is 16.4. The normalized spacial score (nSPS) is 12.6. The van der Waals surface area contributed by atoms with Crippen molar-refractivity contribution in [2.75, 3.05) is 5.32 Å². The van der Waals surface area contributed by atoms with Gasteiger partial charge in [0, 0.05) is 13.2 Å². The highest BCUT2D eigenvalue weighted by molar-refractivity contribution is 5.88. The number of pyridine rings is 1. The summed E-state index contributed by atoms with van der Waals surface area (Å²) in [4.78, 5) is 19.5. The number of hydrogen-bond donors (Lipinski definition) is 2. The van der Waals surface area contributed by atoms with Crippen LogP contribution in [-0.4, -0.2) is 31.7 Å². The average molecular weight is 248 g/mol. The maximum Gasteiger partial charge on any atom is 0.326 e. The van der Waals surface area contributed by atoms with Crippen molar-refractivity contribution in [2.45, 2.75) is 25.8 Å². The van der Waals surface area contributed by atoms with Crippen molar-refractivity contribution in [3.63, 3.8) is 0 Å². The first-order valence-electron chi connectivity index (χ1n) is 5.89. The number of aromatic nitrogens is 3. The summed E-state index contributed by atoms with van der Waals surface area (Å²) >= 11 is 0. The minimum atomic E-state index is -0.869. The standard InChI is InChI=1S/C12H16N4O2/c1-3-4-8(12(17)18)15-11-10-9(5-6-13-11)16(2)7-14-10/h5-8H,3-4H2,1-2H3,(H,13,15)(H,17,18). The highest BCUT2D eigenvalue weighted by Crippen LogP contribution is 2.20. The molecule has 18 heavy (non-hydrogen) atoms. The SMILES string of the molecule is CCCC(Nc1nccc2c1ncn2C)C(=O)O. The van der Waals surface area contributed by atoms with E-state index in [1.165, 1.54) is 0 Å². The molecule has 0 spiro atoms. The molecule has 6 heteroatoms. The van der Waals surface area contributed by atoms with E-state index >= 15 is 0 Å². The van der Waals surface area contributed by atoms with Gasteiger partial charge in [-0.05, 0) is 12.5 Å². The first kappa shape index (κ1) is 12.3. The number of nitrogens with one attached hydrogen (secondary N) is 1. The van der Waals surface area contributed by atoms with Crippen LogP contribution in [0.3, 0.4) is 0 Å². The molecule has 0 aliphatic rings. The fourth-order valence-corrected chi connectivity index (χ4v) is 1.88. The van der Waals surface area contributed by atoms with E-state index in [0.717, 1.165) is 11.9 Å². The molecular weight excluding hydrogens is 232 g/mol. The molecule has 2 N–H and O–H groups in total. The molecule has 0 saturated heterocycles. The molecule has 96 valence electrons. The Balaban J connectivity index is 2.33. The van der Waals surface area contributed by atoms with Crippen LogP contribution in [0.5, 0.6) is 0 Å². The number of hydrogen-bond acceptors (Lipinski definition) is 4. The Labute approximate surface area is 105 Å². The number of carboxylic acid groups (broad SMARTS) is 1. The minimum absolute atomic E-state index is 0.522. The van der Waals surface area contributed by atoms with Gasteiger partial charge in [0.25, 0.3) is 0 Å². The van der Waals surface area contributed by atoms with E-state index in [0.29, 0.717) is 17.8 Å². The number of fused-ring (bicyclic) bond motifs is 1. The van der Waals surface area contributed by atoms with Crippen molar-refractivity contribution in [2.24, 2.45) is 7.05 Å². The topological polar surface area (TPSA) is 80.0 Å². The summed E-state index contributed by atoms with van der Waals surface area (Å²) in [5.74, 6) is -0.347. The maximum atomic E-state index is 11.1. The van der Waals surface area contributed by atoms with Crippen molar-refractivity contribution >= 4 is 22.8 Å². The molecule has 0 radical (unpaired) electrons. The zero-order valence-electron chi connectivity index (χ0n) is 10.4. The number of rotatable bonds is 5. The maximum absolute atomic E-state index is 11.1. The van der Waals surface area contributed by atoms with Crippen LogP contribution in [0.1, 0.15) is 19.8 Å². The van der Waals surface area contributed by atoms with E-state index < -0.39 is 12.0 Å². The molecule has 2 heterocycles. The molecular formula is C12H16N4O2. The number of anilines is 1. The fourth-order valence-electron chi connectivity index (χ4n) is 1.88. The molecule has 0 bridgehead atoms. The van der Waals surface area contributed by atoms with Crippen molar-refractivity contribution in [3.8, 4) is 0 Å². The molecule has 0 aliphatic carbocycles. The second-order valence-corrected chi connectivity index (χ2v) is 4.21. The van der Waals surface area contributed by atoms with Crippen molar-refractivity contribution < 1.29 is 9.90 Å². The first-order valence-corrected chi connectivity index (χ1v) is 5.89. The predicted molar refractivity (Wildman–Crippen MR) is 68.5 cm³/mol. The number of carbonyl (C=O) groups is 1. The van der Waals surface area contributed by atoms with E-state index in [2.05, 4.69) is 15.3 Å². The van der Waals surface area contributed by atoms with Gasteiger partial charge in [-0.25, -0.2) is 14.8 Å². The van der Waals surface area contributed by atoms with Crippen molar-refractivity contribution in [1.29, 1.82) is 0 Å². The van der Waals surface area contributed by atoms with Crippen LogP contribution >= 0.6 is 0 Å². The lowest BCUT2D eigenvalue weighted by atomic mass is 10.1. The van der Waals surface area contributed by atoms with Crippen LogP contribution in [-0.2, 0) is 11.8 Å². The number of nitrogens with zero attached hydrogens (tertiary/aromatic N) is 3. The lowest BCUT2D eigenvalue weighted by molar-refractivity contribution is -0.138. The Morgan fingerprint density at radius 2 is 2.33 bits per heavy atom. The summed E-state index contributed by atoms with van der Waals surface area (Å²) in [5.41, 5.74) is 1.62. The lowest BCUT2D eigenvalue weighted by Gasteiger charge is -2.14. The average Bonchev–Trinajstić information content (AvgIpc) is 2.72. The van der Waals surface area contributed by atoms with Gasteiger partial charge in [-0.2, -0.15) is 0 Å². The monoisotopic (exact) mass is 248 g/mol. The molecule has 2 aromatic rings. The van der Waals surface area contributed by atoms with E-state index in [-0.39, 0.29) is 0 Å². The number of aryl methyl sites for hydroxylation is 1. The van der Waals surface area contributed by atoms with Crippen LogP contribution < -0.4 is 5.32 Å². The van der Waals surface area contributed by atoms with Crippen LogP contribution in [0.2, 0.25) is 0 Å². The molecule has 6 nitrogen and oxygen atoms in total. The predicted octanol–water partition coefficient (Wildman–Crippen LogP) is 1.63. The van der Waals surface area contributed by atoms with Gasteiger partial charge in [-0.15, -0.1) is 0 Å². The van der Waals surface area contributed by atoms with Gasteiger partial charge in [0.2, 0.25) is 0 Å². The van der Waals surface area contributed by atoms with E-state index in [9.17, 15) is 4.79 Å². The molecule has 0 aliphatic heterocycles.